The standard InChI is InChI=1S/C18H23N3O3/c1-5-11-19-17(22)14(4)24-18(23)16-12(2)20-21(13(16)3)15-9-7-6-8-10-15/h6-10,14H,5,11H2,1-4H3,(H,19,22). The number of para-hydroxylation sites is 1. The second-order valence-corrected chi connectivity index (χ2v) is 5.63. The van der Waals surface area contributed by atoms with Crippen molar-refractivity contribution >= 4 is 11.9 Å². The van der Waals surface area contributed by atoms with Crippen molar-refractivity contribution in [3.63, 3.8) is 0 Å². The molecule has 0 aliphatic rings. The molecule has 0 fully saturated rings. The quantitative estimate of drug-likeness (QED) is 0.827. The Bertz CT molecular complexity index is 723. The largest absolute Gasteiger partial charge is 0.449 e. The minimum absolute atomic E-state index is 0.295. The summed E-state index contributed by atoms with van der Waals surface area (Å²) < 4.78 is 7.00. The molecule has 0 aliphatic carbocycles. The van der Waals surface area contributed by atoms with Crippen molar-refractivity contribution in [3.05, 3.63) is 47.3 Å². The summed E-state index contributed by atoms with van der Waals surface area (Å²) in [5.41, 5.74) is 2.52. The molecule has 0 bridgehead atoms. The number of nitrogens with zero attached hydrogens (tertiary/aromatic N) is 2. The molecule has 0 spiro atoms. The molecular formula is C18H23N3O3. The van der Waals surface area contributed by atoms with Crippen LogP contribution in [0.15, 0.2) is 30.3 Å². The number of benzene rings is 1. The van der Waals surface area contributed by atoms with E-state index < -0.39 is 12.1 Å². The Morgan fingerprint density at radius 3 is 2.54 bits per heavy atom. The van der Waals surface area contributed by atoms with Gasteiger partial charge in [0.1, 0.15) is 5.56 Å². The summed E-state index contributed by atoms with van der Waals surface area (Å²) in [6, 6.07) is 9.56. The van der Waals surface area contributed by atoms with Crippen LogP contribution < -0.4 is 5.32 Å². The van der Waals surface area contributed by atoms with E-state index in [0.717, 1.165) is 12.1 Å². The molecule has 128 valence electrons. The molecule has 1 heterocycles. The first-order valence-electron chi connectivity index (χ1n) is 8.06. The van der Waals surface area contributed by atoms with Gasteiger partial charge in [-0.2, -0.15) is 5.10 Å². The summed E-state index contributed by atoms with van der Waals surface area (Å²) >= 11 is 0. The monoisotopic (exact) mass is 329 g/mol. The van der Waals surface area contributed by atoms with Crippen LogP contribution in [-0.2, 0) is 9.53 Å². The van der Waals surface area contributed by atoms with Crippen molar-refractivity contribution < 1.29 is 14.3 Å². The topological polar surface area (TPSA) is 73.2 Å². The second kappa shape index (κ2) is 7.77. The van der Waals surface area contributed by atoms with Crippen LogP contribution in [0.2, 0.25) is 0 Å². The molecule has 0 saturated carbocycles. The van der Waals surface area contributed by atoms with Crippen molar-refractivity contribution in [1.82, 2.24) is 15.1 Å². The molecule has 6 nitrogen and oxygen atoms in total. The molecule has 1 atom stereocenters. The SMILES string of the molecule is CCCNC(=O)C(C)OC(=O)c1c(C)nn(-c2ccccc2)c1C. The van der Waals surface area contributed by atoms with E-state index in [-0.39, 0.29) is 5.91 Å². The summed E-state index contributed by atoms with van der Waals surface area (Å²) in [6.45, 7) is 7.65. The first-order chi connectivity index (χ1) is 11.5. The Kier molecular flexibility index (Phi) is 5.73. The van der Waals surface area contributed by atoms with Crippen LogP contribution in [0.3, 0.4) is 0 Å². The zero-order chi connectivity index (χ0) is 17.7. The van der Waals surface area contributed by atoms with E-state index in [9.17, 15) is 9.59 Å². The number of carbonyl (C=O) groups excluding carboxylic acids is 2. The fourth-order valence-corrected chi connectivity index (χ4v) is 2.42. The van der Waals surface area contributed by atoms with Crippen LogP contribution >= 0.6 is 0 Å². The summed E-state index contributed by atoms with van der Waals surface area (Å²) in [5.74, 6) is -0.831. The minimum atomic E-state index is -0.845. The summed E-state index contributed by atoms with van der Waals surface area (Å²) in [5, 5.41) is 7.13. The molecule has 2 aromatic rings. The average Bonchev–Trinajstić information content (AvgIpc) is 2.87. The Morgan fingerprint density at radius 2 is 1.92 bits per heavy atom. The predicted octanol–water partition coefficient (Wildman–Crippen LogP) is 2.56. The summed E-state index contributed by atoms with van der Waals surface area (Å²) in [7, 11) is 0. The predicted molar refractivity (Wildman–Crippen MR) is 91.2 cm³/mol. The van der Waals surface area contributed by atoms with Crippen molar-refractivity contribution in [3.8, 4) is 5.69 Å². The Hall–Kier alpha value is -2.63. The van der Waals surface area contributed by atoms with E-state index in [2.05, 4.69) is 10.4 Å². The first-order valence-corrected chi connectivity index (χ1v) is 8.06. The van der Waals surface area contributed by atoms with Crippen LogP contribution in [0, 0.1) is 13.8 Å². The molecular weight excluding hydrogens is 306 g/mol. The Labute approximate surface area is 141 Å². The van der Waals surface area contributed by atoms with Gasteiger partial charge in [-0.3, -0.25) is 4.79 Å². The number of hydrogen-bond acceptors (Lipinski definition) is 4. The molecule has 1 N–H and O–H groups in total. The molecule has 2 rings (SSSR count). The lowest BCUT2D eigenvalue weighted by Crippen LogP contribution is -2.36. The van der Waals surface area contributed by atoms with E-state index in [0.29, 0.717) is 23.5 Å². The zero-order valence-electron chi connectivity index (χ0n) is 14.5. The lowest BCUT2D eigenvalue weighted by molar-refractivity contribution is -0.129. The van der Waals surface area contributed by atoms with Crippen LogP contribution in [0.1, 0.15) is 42.0 Å². The highest BCUT2D eigenvalue weighted by Gasteiger charge is 2.24. The Balaban J connectivity index is 2.19. The van der Waals surface area contributed by atoms with Gasteiger partial charge in [0.2, 0.25) is 0 Å². The van der Waals surface area contributed by atoms with E-state index in [1.165, 1.54) is 0 Å². The highest BCUT2D eigenvalue weighted by atomic mass is 16.5. The maximum absolute atomic E-state index is 12.5. The number of hydrogen-bond donors (Lipinski definition) is 1. The molecule has 24 heavy (non-hydrogen) atoms. The van der Waals surface area contributed by atoms with Crippen LogP contribution in [0.5, 0.6) is 0 Å². The van der Waals surface area contributed by atoms with Gasteiger partial charge < -0.3 is 10.1 Å². The van der Waals surface area contributed by atoms with E-state index in [1.807, 2.05) is 44.2 Å². The van der Waals surface area contributed by atoms with Crippen LogP contribution in [0.25, 0.3) is 5.69 Å². The number of nitrogens with one attached hydrogen (secondary N) is 1. The van der Waals surface area contributed by atoms with Gasteiger partial charge in [-0.25, -0.2) is 9.48 Å². The Morgan fingerprint density at radius 1 is 1.25 bits per heavy atom. The lowest BCUT2D eigenvalue weighted by Gasteiger charge is -2.13. The van der Waals surface area contributed by atoms with Crippen molar-refractivity contribution in [1.29, 1.82) is 0 Å². The molecule has 0 saturated heterocycles. The summed E-state index contributed by atoms with van der Waals surface area (Å²) in [6.07, 6.45) is -0.0167. The number of carbonyl (C=O) groups is 2. The number of aromatic nitrogens is 2. The fraction of sp³-hybridized carbons (Fsp3) is 0.389. The number of rotatable bonds is 6. The molecule has 1 aromatic carbocycles. The van der Waals surface area contributed by atoms with Crippen molar-refractivity contribution in [2.45, 2.75) is 40.2 Å². The molecule has 6 heteroatoms. The number of amides is 1. The van der Waals surface area contributed by atoms with Crippen LogP contribution in [-0.4, -0.2) is 34.3 Å². The molecule has 1 unspecified atom stereocenters. The van der Waals surface area contributed by atoms with Gasteiger partial charge in [-0.05, 0) is 39.3 Å². The second-order valence-electron chi connectivity index (χ2n) is 5.63. The van der Waals surface area contributed by atoms with Gasteiger partial charge in [0, 0.05) is 6.54 Å². The molecule has 0 radical (unpaired) electrons. The smallest absolute Gasteiger partial charge is 0.342 e. The minimum Gasteiger partial charge on any atom is -0.449 e. The third kappa shape index (κ3) is 3.82. The van der Waals surface area contributed by atoms with Gasteiger partial charge in [0.05, 0.1) is 17.1 Å². The number of aryl methyl sites for hydroxylation is 1. The molecule has 1 amide bonds. The normalized spacial score (nSPS) is 11.8. The average molecular weight is 329 g/mol. The fourth-order valence-electron chi connectivity index (χ4n) is 2.42. The van der Waals surface area contributed by atoms with Crippen LogP contribution in [0.4, 0.5) is 0 Å². The summed E-state index contributed by atoms with van der Waals surface area (Å²) in [4.78, 5) is 24.3. The van der Waals surface area contributed by atoms with Gasteiger partial charge >= 0.3 is 5.97 Å². The van der Waals surface area contributed by atoms with E-state index in [1.54, 1.807) is 18.5 Å². The van der Waals surface area contributed by atoms with Gasteiger partial charge in [0.15, 0.2) is 6.10 Å². The molecule has 0 aliphatic heterocycles. The number of esters is 1. The van der Waals surface area contributed by atoms with E-state index in [4.69, 9.17) is 4.74 Å². The lowest BCUT2D eigenvalue weighted by atomic mass is 10.2. The first kappa shape index (κ1) is 17.7. The third-order valence-electron chi connectivity index (χ3n) is 3.70. The van der Waals surface area contributed by atoms with Gasteiger partial charge in [-0.1, -0.05) is 25.1 Å². The zero-order valence-corrected chi connectivity index (χ0v) is 14.5. The third-order valence-corrected chi connectivity index (χ3v) is 3.70. The molecule has 1 aromatic heterocycles. The highest BCUT2D eigenvalue weighted by molar-refractivity contribution is 5.94. The van der Waals surface area contributed by atoms with Gasteiger partial charge in [0.25, 0.3) is 5.91 Å². The van der Waals surface area contributed by atoms with Crippen molar-refractivity contribution in [2.24, 2.45) is 0 Å². The maximum Gasteiger partial charge on any atom is 0.342 e. The van der Waals surface area contributed by atoms with Crippen molar-refractivity contribution in [2.75, 3.05) is 6.54 Å². The van der Waals surface area contributed by atoms with E-state index >= 15 is 0 Å². The maximum atomic E-state index is 12.5. The number of ether oxygens (including phenoxy) is 1. The highest BCUT2D eigenvalue weighted by Crippen LogP contribution is 2.19. The van der Waals surface area contributed by atoms with Gasteiger partial charge in [-0.15, -0.1) is 0 Å².